The van der Waals surface area contributed by atoms with Gasteiger partial charge in [0.2, 0.25) is 5.91 Å². The molecule has 2 aromatic carbocycles. The van der Waals surface area contributed by atoms with E-state index in [4.69, 9.17) is 4.74 Å². The first-order valence-electron chi connectivity index (χ1n) is 7.95. The maximum atomic E-state index is 12.5. The fourth-order valence-corrected chi connectivity index (χ4v) is 3.13. The Morgan fingerprint density at radius 2 is 1.73 bits per heavy atom. The van der Waals surface area contributed by atoms with Gasteiger partial charge in [-0.25, -0.2) is 4.79 Å². The van der Waals surface area contributed by atoms with Gasteiger partial charge in [0.1, 0.15) is 0 Å². The lowest BCUT2D eigenvalue weighted by molar-refractivity contribution is -0.145. The van der Waals surface area contributed by atoms with Crippen LogP contribution in [0.15, 0.2) is 47.4 Å². The molecule has 0 spiro atoms. The summed E-state index contributed by atoms with van der Waals surface area (Å²) in [6, 6.07) is 10.6. The van der Waals surface area contributed by atoms with E-state index in [1.807, 2.05) is 31.2 Å². The Morgan fingerprint density at radius 3 is 2.31 bits per heavy atom. The highest BCUT2D eigenvalue weighted by Gasteiger charge is 2.27. The number of hydrogen-bond acceptors (Lipinski definition) is 6. The first kappa shape index (κ1) is 19.7. The van der Waals surface area contributed by atoms with Gasteiger partial charge in [0.25, 0.3) is 0 Å². The molecule has 0 saturated carbocycles. The maximum absolute atomic E-state index is 12.5. The Bertz CT molecular complexity index is 791. The highest BCUT2D eigenvalue weighted by molar-refractivity contribution is 8.00. The summed E-state index contributed by atoms with van der Waals surface area (Å²) in [7, 11) is 1.21. The Labute approximate surface area is 156 Å². The van der Waals surface area contributed by atoms with Crippen LogP contribution in [0.25, 0.3) is 0 Å². The number of phenols is 2. The number of ether oxygens (including phenoxy) is 1. The minimum absolute atomic E-state index is 0.313. The molecule has 0 aliphatic carbocycles. The highest BCUT2D eigenvalue weighted by Crippen LogP contribution is 2.29. The molecule has 2 unspecified atom stereocenters. The van der Waals surface area contributed by atoms with Gasteiger partial charge in [0.05, 0.1) is 12.4 Å². The Morgan fingerprint density at radius 1 is 1.08 bits per heavy atom. The zero-order valence-corrected chi connectivity index (χ0v) is 15.5. The van der Waals surface area contributed by atoms with E-state index in [9.17, 15) is 19.8 Å². The van der Waals surface area contributed by atoms with Gasteiger partial charge in [-0.05, 0) is 43.7 Å². The summed E-state index contributed by atoms with van der Waals surface area (Å²) in [6.07, 6.45) is 0. The number of nitrogens with one attached hydrogen (secondary N) is 1. The Balaban J connectivity index is 2.13. The zero-order valence-electron chi connectivity index (χ0n) is 14.7. The maximum Gasteiger partial charge on any atom is 0.333 e. The molecule has 26 heavy (non-hydrogen) atoms. The molecule has 0 bridgehead atoms. The summed E-state index contributed by atoms with van der Waals surface area (Å²) in [5.41, 5.74) is 1.44. The third-order valence-electron chi connectivity index (χ3n) is 3.76. The molecule has 0 aliphatic heterocycles. The van der Waals surface area contributed by atoms with Crippen molar-refractivity contribution >= 4 is 23.6 Å². The van der Waals surface area contributed by atoms with Crippen LogP contribution in [0.1, 0.15) is 24.1 Å². The van der Waals surface area contributed by atoms with Crippen molar-refractivity contribution in [3.05, 3.63) is 53.6 Å². The zero-order chi connectivity index (χ0) is 19.3. The molecule has 2 rings (SSSR count). The van der Waals surface area contributed by atoms with Gasteiger partial charge in [0, 0.05) is 4.90 Å². The molecular weight excluding hydrogens is 354 g/mol. The average molecular weight is 375 g/mol. The predicted molar refractivity (Wildman–Crippen MR) is 99.2 cm³/mol. The molecule has 0 aromatic heterocycles. The van der Waals surface area contributed by atoms with E-state index in [0.29, 0.717) is 5.56 Å². The Kier molecular flexibility index (Phi) is 6.52. The van der Waals surface area contributed by atoms with Crippen LogP contribution in [0.3, 0.4) is 0 Å². The number of methoxy groups -OCH3 is 1. The van der Waals surface area contributed by atoms with Crippen LogP contribution in [0.2, 0.25) is 0 Å². The summed E-state index contributed by atoms with van der Waals surface area (Å²) in [5, 5.41) is 21.2. The molecule has 3 N–H and O–H groups in total. The number of carbonyl (C=O) groups is 2. The van der Waals surface area contributed by atoms with E-state index < -0.39 is 17.3 Å². The SMILES string of the molecule is COC(=O)C(NC(=O)C(C)Sc1ccc(C)cc1)c1ccc(O)c(O)c1. The lowest BCUT2D eigenvalue weighted by atomic mass is 10.1. The minimum Gasteiger partial charge on any atom is -0.504 e. The molecule has 138 valence electrons. The second-order valence-corrected chi connectivity index (χ2v) is 7.20. The number of esters is 1. The van der Waals surface area contributed by atoms with Crippen LogP contribution in [-0.4, -0.2) is 34.4 Å². The van der Waals surface area contributed by atoms with Gasteiger partial charge in [-0.15, -0.1) is 11.8 Å². The third-order valence-corrected chi connectivity index (χ3v) is 4.87. The number of aromatic hydroxyl groups is 2. The number of aryl methyl sites for hydroxylation is 1. The fourth-order valence-electron chi connectivity index (χ4n) is 2.25. The number of carbonyl (C=O) groups excluding carboxylic acids is 2. The summed E-state index contributed by atoms with van der Waals surface area (Å²) in [4.78, 5) is 25.5. The van der Waals surface area contributed by atoms with Crippen molar-refractivity contribution in [1.82, 2.24) is 5.32 Å². The van der Waals surface area contributed by atoms with E-state index in [0.717, 1.165) is 10.5 Å². The second-order valence-electron chi connectivity index (χ2n) is 5.79. The van der Waals surface area contributed by atoms with Crippen molar-refractivity contribution in [1.29, 1.82) is 0 Å². The molecule has 0 radical (unpaired) electrons. The quantitative estimate of drug-likeness (QED) is 0.408. The predicted octanol–water partition coefficient (Wildman–Crippen LogP) is 2.92. The van der Waals surface area contributed by atoms with E-state index in [2.05, 4.69) is 5.32 Å². The number of amides is 1. The average Bonchev–Trinajstić information content (AvgIpc) is 2.63. The van der Waals surface area contributed by atoms with Crippen molar-refractivity contribution in [2.45, 2.75) is 30.0 Å². The molecule has 6 nitrogen and oxygen atoms in total. The molecule has 0 heterocycles. The highest BCUT2D eigenvalue weighted by atomic mass is 32.2. The first-order chi connectivity index (χ1) is 12.3. The van der Waals surface area contributed by atoms with Gasteiger partial charge < -0.3 is 20.3 Å². The number of phenolic OH excluding ortho intramolecular Hbond substituents is 2. The monoisotopic (exact) mass is 375 g/mol. The second kappa shape index (κ2) is 8.62. The van der Waals surface area contributed by atoms with Crippen molar-refractivity contribution in [3.8, 4) is 11.5 Å². The van der Waals surface area contributed by atoms with Crippen LogP contribution >= 0.6 is 11.8 Å². The molecule has 0 aliphatic rings. The smallest absolute Gasteiger partial charge is 0.333 e. The van der Waals surface area contributed by atoms with E-state index >= 15 is 0 Å². The molecule has 0 fully saturated rings. The van der Waals surface area contributed by atoms with Crippen LogP contribution in [0.4, 0.5) is 0 Å². The number of thioether (sulfide) groups is 1. The lowest BCUT2D eigenvalue weighted by Crippen LogP contribution is -2.38. The molecule has 2 atom stereocenters. The van der Waals surface area contributed by atoms with Gasteiger partial charge in [-0.1, -0.05) is 23.8 Å². The van der Waals surface area contributed by atoms with Crippen LogP contribution < -0.4 is 5.32 Å². The van der Waals surface area contributed by atoms with E-state index in [-0.39, 0.29) is 17.4 Å². The van der Waals surface area contributed by atoms with Gasteiger partial charge >= 0.3 is 5.97 Å². The van der Waals surface area contributed by atoms with Crippen molar-refractivity contribution in [2.75, 3.05) is 7.11 Å². The van der Waals surface area contributed by atoms with Crippen LogP contribution in [0, 0.1) is 6.92 Å². The first-order valence-corrected chi connectivity index (χ1v) is 8.83. The summed E-state index contributed by atoms with van der Waals surface area (Å²) in [5.74, 6) is -1.71. The summed E-state index contributed by atoms with van der Waals surface area (Å²) < 4.78 is 4.74. The fraction of sp³-hybridized carbons (Fsp3) is 0.263. The van der Waals surface area contributed by atoms with E-state index in [1.165, 1.54) is 37.1 Å². The summed E-state index contributed by atoms with van der Waals surface area (Å²) >= 11 is 1.37. The standard InChI is InChI=1S/C19H21NO5S/c1-11-4-7-14(8-5-11)26-12(2)18(23)20-17(19(24)25-3)13-6-9-15(21)16(22)10-13/h4-10,12,17,21-22H,1-3H3,(H,20,23). The van der Waals surface area contributed by atoms with E-state index in [1.54, 1.807) is 6.92 Å². The third kappa shape index (κ3) is 4.92. The number of benzene rings is 2. The van der Waals surface area contributed by atoms with Gasteiger partial charge in [0.15, 0.2) is 17.5 Å². The van der Waals surface area contributed by atoms with Crippen molar-refractivity contribution in [3.63, 3.8) is 0 Å². The topological polar surface area (TPSA) is 95.9 Å². The lowest BCUT2D eigenvalue weighted by Gasteiger charge is -2.20. The number of hydrogen-bond donors (Lipinski definition) is 3. The normalized spacial score (nSPS) is 12.9. The Hall–Kier alpha value is -2.67. The van der Waals surface area contributed by atoms with Crippen LogP contribution in [0.5, 0.6) is 11.5 Å². The summed E-state index contributed by atoms with van der Waals surface area (Å²) in [6.45, 7) is 3.72. The van der Waals surface area contributed by atoms with Crippen molar-refractivity contribution < 1.29 is 24.5 Å². The van der Waals surface area contributed by atoms with Crippen LogP contribution in [-0.2, 0) is 14.3 Å². The van der Waals surface area contributed by atoms with Crippen molar-refractivity contribution in [2.24, 2.45) is 0 Å². The molecule has 7 heteroatoms. The molecule has 1 amide bonds. The minimum atomic E-state index is -1.08. The molecular formula is C19H21NO5S. The number of rotatable bonds is 6. The van der Waals surface area contributed by atoms with Gasteiger partial charge in [-0.2, -0.15) is 0 Å². The largest absolute Gasteiger partial charge is 0.504 e. The molecule has 2 aromatic rings. The molecule has 0 saturated heterocycles. The van der Waals surface area contributed by atoms with Gasteiger partial charge in [-0.3, -0.25) is 4.79 Å².